The smallest absolute Gasteiger partial charge is 0.169 e. The van der Waals surface area contributed by atoms with Crippen molar-refractivity contribution in [3.05, 3.63) is 0 Å². The summed E-state index contributed by atoms with van der Waals surface area (Å²) in [5.41, 5.74) is -0.256. The summed E-state index contributed by atoms with van der Waals surface area (Å²) in [6.45, 7) is 1.65. The minimum Gasteiger partial charge on any atom is -0.369 e. The van der Waals surface area contributed by atoms with Gasteiger partial charge in [-0.1, -0.05) is 6.42 Å². The van der Waals surface area contributed by atoms with Gasteiger partial charge < -0.3 is 18.9 Å². The van der Waals surface area contributed by atoms with E-state index in [0.29, 0.717) is 6.42 Å². The average molecular weight is 336 g/mol. The molecule has 5 nitrogen and oxygen atoms in total. The van der Waals surface area contributed by atoms with Crippen molar-refractivity contribution in [2.45, 2.75) is 113 Å². The van der Waals surface area contributed by atoms with Gasteiger partial charge in [0.15, 0.2) is 5.79 Å². The Bertz CT molecular complexity index is 528. The molecule has 0 aromatic heterocycles. The largest absolute Gasteiger partial charge is 0.369 e. The third kappa shape index (κ3) is 2.39. The van der Waals surface area contributed by atoms with Crippen LogP contribution in [0, 0.1) is 0 Å². The van der Waals surface area contributed by atoms with Crippen molar-refractivity contribution < 1.29 is 23.7 Å². The lowest BCUT2D eigenvalue weighted by molar-refractivity contribution is -0.215. The van der Waals surface area contributed by atoms with Gasteiger partial charge in [-0.2, -0.15) is 0 Å². The summed E-state index contributed by atoms with van der Waals surface area (Å²) in [5.74, 6) is -0.151. The molecule has 24 heavy (non-hydrogen) atoms. The Labute approximate surface area is 143 Å². The van der Waals surface area contributed by atoms with Gasteiger partial charge in [-0.25, -0.2) is 0 Å². The van der Waals surface area contributed by atoms with E-state index in [1.807, 2.05) is 0 Å². The molecule has 0 amide bonds. The third-order valence-corrected chi connectivity index (χ3v) is 6.75. The number of ether oxygens (including phenoxy) is 4. The van der Waals surface area contributed by atoms with E-state index in [1.165, 1.54) is 19.3 Å². The van der Waals surface area contributed by atoms with Gasteiger partial charge in [0.2, 0.25) is 0 Å². The van der Waals surface area contributed by atoms with Crippen LogP contribution in [0.4, 0.5) is 0 Å². The summed E-state index contributed by atoms with van der Waals surface area (Å²) >= 11 is 0. The predicted molar refractivity (Wildman–Crippen MR) is 85.6 cm³/mol. The lowest BCUT2D eigenvalue weighted by Gasteiger charge is -2.44. The fourth-order valence-electron chi connectivity index (χ4n) is 5.79. The van der Waals surface area contributed by atoms with Crippen LogP contribution < -0.4 is 0 Å². The normalized spacial score (nSPS) is 49.0. The molecule has 3 aliphatic heterocycles. The van der Waals surface area contributed by atoms with Crippen LogP contribution in [-0.4, -0.2) is 47.7 Å². The van der Waals surface area contributed by atoms with Crippen LogP contribution in [0.1, 0.15) is 71.1 Å². The maximum Gasteiger partial charge on any atom is 0.169 e. The molecule has 6 atom stereocenters. The Morgan fingerprint density at radius 1 is 1.00 bits per heavy atom. The molecule has 2 bridgehead atoms. The SMILES string of the molecule is CC(=O)CC1CCC2O[C@@H]3CC2(C[C@H]2OC4(CCCCC4)O[C@@H]32)O1. The summed E-state index contributed by atoms with van der Waals surface area (Å²) in [6.07, 6.45) is 10.3. The Hall–Kier alpha value is -0.490. The van der Waals surface area contributed by atoms with Crippen LogP contribution in [0.2, 0.25) is 0 Å². The zero-order valence-corrected chi connectivity index (χ0v) is 14.5. The van der Waals surface area contributed by atoms with E-state index < -0.39 is 0 Å². The van der Waals surface area contributed by atoms with Crippen molar-refractivity contribution in [2.24, 2.45) is 0 Å². The molecule has 134 valence electrons. The summed E-state index contributed by atoms with van der Waals surface area (Å²) in [6, 6.07) is 0. The Morgan fingerprint density at radius 2 is 1.79 bits per heavy atom. The minimum atomic E-state index is -0.360. The van der Waals surface area contributed by atoms with Crippen molar-refractivity contribution >= 4 is 5.78 Å². The third-order valence-electron chi connectivity index (χ3n) is 6.75. The number of carbonyl (C=O) groups is 1. The molecule has 2 aliphatic carbocycles. The van der Waals surface area contributed by atoms with E-state index in [0.717, 1.165) is 38.5 Å². The first-order chi connectivity index (χ1) is 11.6. The molecule has 3 saturated heterocycles. The number of Topliss-reactive ketones (excluding diaryl/α,β-unsaturated/α-hetero) is 1. The van der Waals surface area contributed by atoms with Crippen molar-refractivity contribution in [2.75, 3.05) is 0 Å². The van der Waals surface area contributed by atoms with Crippen LogP contribution in [0.5, 0.6) is 0 Å². The molecular formula is C19H28O5. The van der Waals surface area contributed by atoms with Gasteiger partial charge >= 0.3 is 0 Å². The lowest BCUT2D eigenvalue weighted by Crippen LogP contribution is -2.53. The van der Waals surface area contributed by atoms with Gasteiger partial charge in [0.1, 0.15) is 11.9 Å². The van der Waals surface area contributed by atoms with Crippen LogP contribution >= 0.6 is 0 Å². The molecule has 0 N–H and O–H groups in total. The fourth-order valence-corrected chi connectivity index (χ4v) is 5.79. The molecule has 5 fully saturated rings. The predicted octanol–water partition coefficient (Wildman–Crippen LogP) is 2.89. The van der Waals surface area contributed by atoms with Gasteiger partial charge in [0.25, 0.3) is 0 Å². The second kappa shape index (κ2) is 5.50. The number of hydrogen-bond donors (Lipinski definition) is 0. The standard InChI is InChI=1S/C19H28O5/c1-12(20)9-13-5-6-16-18(22-13)10-14(21-16)17-15(11-18)23-19(24-17)7-3-2-4-8-19/h13-17H,2-11H2,1H3/t13?,14-,15-,16?,17+,18?/m1/s1. The molecule has 2 spiro atoms. The minimum absolute atomic E-state index is 0.0450. The molecule has 5 aliphatic rings. The molecule has 3 heterocycles. The Morgan fingerprint density at radius 3 is 2.58 bits per heavy atom. The second-order valence-corrected chi connectivity index (χ2v) is 8.57. The number of carbonyl (C=O) groups excluding carboxylic acids is 1. The zero-order chi connectivity index (χ0) is 16.4. The molecule has 5 rings (SSSR count). The highest BCUT2D eigenvalue weighted by atomic mass is 16.8. The second-order valence-electron chi connectivity index (χ2n) is 8.57. The molecular weight excluding hydrogens is 308 g/mol. The van der Waals surface area contributed by atoms with Crippen molar-refractivity contribution in [3.63, 3.8) is 0 Å². The number of ketones is 1. The molecule has 3 unspecified atom stereocenters. The highest BCUT2D eigenvalue weighted by Crippen LogP contribution is 2.55. The summed E-state index contributed by atoms with van der Waals surface area (Å²) in [5, 5.41) is 0. The molecule has 0 aromatic carbocycles. The van der Waals surface area contributed by atoms with Gasteiger partial charge in [0.05, 0.1) is 30.0 Å². The lowest BCUT2D eigenvalue weighted by atomic mass is 9.76. The van der Waals surface area contributed by atoms with Crippen molar-refractivity contribution in [1.82, 2.24) is 0 Å². The van der Waals surface area contributed by atoms with E-state index >= 15 is 0 Å². The first-order valence-electron chi connectivity index (χ1n) is 9.76. The first-order valence-corrected chi connectivity index (χ1v) is 9.76. The summed E-state index contributed by atoms with van der Waals surface area (Å²) in [7, 11) is 0. The maximum atomic E-state index is 11.5. The summed E-state index contributed by atoms with van der Waals surface area (Å²) in [4.78, 5) is 11.5. The van der Waals surface area contributed by atoms with E-state index in [4.69, 9.17) is 18.9 Å². The maximum absolute atomic E-state index is 11.5. The fraction of sp³-hybridized carbons (Fsp3) is 0.947. The van der Waals surface area contributed by atoms with Crippen molar-refractivity contribution in [1.29, 1.82) is 0 Å². The number of fused-ring (bicyclic) bond motifs is 3. The molecule has 0 radical (unpaired) electrons. The molecule has 0 aromatic rings. The monoisotopic (exact) mass is 336 g/mol. The van der Waals surface area contributed by atoms with Gasteiger partial charge in [0, 0.05) is 32.1 Å². The molecule has 2 saturated carbocycles. The number of hydrogen-bond acceptors (Lipinski definition) is 5. The molecule has 5 heteroatoms. The highest BCUT2D eigenvalue weighted by Gasteiger charge is 2.65. The Balaban J connectivity index is 1.35. The first kappa shape index (κ1) is 15.7. The van der Waals surface area contributed by atoms with Crippen LogP contribution in [0.3, 0.4) is 0 Å². The van der Waals surface area contributed by atoms with E-state index in [9.17, 15) is 4.79 Å². The van der Waals surface area contributed by atoms with Gasteiger partial charge in [-0.05, 0) is 32.6 Å². The summed E-state index contributed by atoms with van der Waals surface area (Å²) < 4.78 is 25.8. The van der Waals surface area contributed by atoms with E-state index in [2.05, 4.69) is 0 Å². The van der Waals surface area contributed by atoms with E-state index in [-0.39, 0.29) is 47.7 Å². The zero-order valence-electron chi connectivity index (χ0n) is 14.5. The quantitative estimate of drug-likeness (QED) is 0.776. The van der Waals surface area contributed by atoms with Crippen LogP contribution in [0.15, 0.2) is 0 Å². The van der Waals surface area contributed by atoms with Crippen LogP contribution in [0.25, 0.3) is 0 Å². The van der Waals surface area contributed by atoms with Gasteiger partial charge in [-0.3, -0.25) is 4.79 Å². The van der Waals surface area contributed by atoms with Crippen molar-refractivity contribution in [3.8, 4) is 0 Å². The Kier molecular flexibility index (Phi) is 3.61. The van der Waals surface area contributed by atoms with E-state index in [1.54, 1.807) is 6.92 Å². The highest BCUT2D eigenvalue weighted by molar-refractivity contribution is 5.76. The topological polar surface area (TPSA) is 54.0 Å². The number of rotatable bonds is 2. The van der Waals surface area contributed by atoms with Crippen LogP contribution in [-0.2, 0) is 23.7 Å². The average Bonchev–Trinajstić information content (AvgIpc) is 3.03. The van der Waals surface area contributed by atoms with Gasteiger partial charge in [-0.15, -0.1) is 0 Å².